The maximum atomic E-state index is 11.9. The highest BCUT2D eigenvalue weighted by Crippen LogP contribution is 2.31. The third-order valence-corrected chi connectivity index (χ3v) is 4.95. The summed E-state index contributed by atoms with van der Waals surface area (Å²) < 4.78 is 13.4. The number of aryl methyl sites for hydroxylation is 2. The fourth-order valence-corrected chi connectivity index (χ4v) is 3.44. The molecule has 0 aromatic carbocycles. The van der Waals surface area contributed by atoms with Gasteiger partial charge in [0.1, 0.15) is 29.7 Å². The van der Waals surface area contributed by atoms with Crippen molar-refractivity contribution in [3.63, 3.8) is 0 Å². The van der Waals surface area contributed by atoms with Gasteiger partial charge in [0.15, 0.2) is 11.2 Å². The number of carbonyl (C=O) groups is 1. The SMILES string of the molecule is CCn1c(-c2cnc(C)nc2)nc2c(OC3CC(NC(=O)OC(C)(C)C)C3)ncnc21. The monoisotopic (exact) mass is 425 g/mol. The summed E-state index contributed by atoms with van der Waals surface area (Å²) in [7, 11) is 0. The molecule has 0 radical (unpaired) electrons. The Balaban J connectivity index is 1.48. The minimum Gasteiger partial charge on any atom is -0.473 e. The minimum absolute atomic E-state index is 0.0191. The molecular weight excluding hydrogens is 398 g/mol. The van der Waals surface area contributed by atoms with Crippen LogP contribution in [0.1, 0.15) is 46.4 Å². The average molecular weight is 425 g/mol. The summed E-state index contributed by atoms with van der Waals surface area (Å²) in [6, 6.07) is 0.0191. The van der Waals surface area contributed by atoms with Gasteiger partial charge in [0.25, 0.3) is 0 Å². The molecule has 0 aliphatic heterocycles. The number of nitrogens with one attached hydrogen (secondary N) is 1. The Morgan fingerprint density at radius 2 is 1.90 bits per heavy atom. The van der Waals surface area contributed by atoms with Gasteiger partial charge >= 0.3 is 6.09 Å². The van der Waals surface area contributed by atoms with E-state index >= 15 is 0 Å². The average Bonchev–Trinajstić information content (AvgIpc) is 3.05. The highest BCUT2D eigenvalue weighted by atomic mass is 16.6. The molecule has 0 bridgehead atoms. The molecule has 0 spiro atoms. The fourth-order valence-electron chi connectivity index (χ4n) is 3.44. The van der Waals surface area contributed by atoms with Crippen molar-refractivity contribution in [2.75, 3.05) is 0 Å². The molecule has 164 valence electrons. The van der Waals surface area contributed by atoms with E-state index in [-0.39, 0.29) is 12.1 Å². The zero-order valence-corrected chi connectivity index (χ0v) is 18.4. The number of aromatic nitrogens is 6. The number of amides is 1. The molecule has 1 amide bonds. The van der Waals surface area contributed by atoms with Crippen LogP contribution in [-0.4, -0.2) is 53.3 Å². The van der Waals surface area contributed by atoms with E-state index in [1.54, 1.807) is 12.4 Å². The quantitative estimate of drug-likeness (QED) is 0.663. The lowest BCUT2D eigenvalue weighted by molar-refractivity contribution is 0.0357. The molecule has 3 aromatic rings. The van der Waals surface area contributed by atoms with E-state index in [9.17, 15) is 4.79 Å². The first kappa shape index (κ1) is 21.0. The minimum atomic E-state index is -0.519. The Hall–Kier alpha value is -3.30. The molecule has 1 saturated carbocycles. The lowest BCUT2D eigenvalue weighted by atomic mass is 9.89. The second-order valence-corrected chi connectivity index (χ2v) is 8.60. The molecule has 1 aliphatic rings. The van der Waals surface area contributed by atoms with E-state index in [1.807, 2.05) is 39.2 Å². The number of carbonyl (C=O) groups excluding carboxylic acids is 1. The standard InChI is InChI=1S/C21H27N7O3/c1-6-28-17(13-9-22-12(2)23-10-13)27-16-18(28)24-11-25-19(16)30-15-7-14(8-15)26-20(29)31-21(3,4)5/h9-11,14-15H,6-8H2,1-5H3,(H,26,29). The number of hydrogen-bond donors (Lipinski definition) is 1. The predicted octanol–water partition coefficient (Wildman–Crippen LogP) is 3.05. The molecule has 3 heterocycles. The fraction of sp³-hybridized carbons (Fsp3) is 0.524. The Morgan fingerprint density at radius 1 is 1.19 bits per heavy atom. The lowest BCUT2D eigenvalue weighted by Gasteiger charge is -2.35. The Kier molecular flexibility index (Phi) is 5.47. The van der Waals surface area contributed by atoms with Crippen molar-refractivity contribution in [3.8, 4) is 17.3 Å². The van der Waals surface area contributed by atoms with Gasteiger partial charge in [-0.15, -0.1) is 0 Å². The molecule has 1 fully saturated rings. The first-order chi connectivity index (χ1) is 14.7. The van der Waals surface area contributed by atoms with E-state index < -0.39 is 11.7 Å². The topological polar surface area (TPSA) is 117 Å². The molecule has 31 heavy (non-hydrogen) atoms. The molecule has 1 N–H and O–H groups in total. The maximum absolute atomic E-state index is 11.9. The van der Waals surface area contributed by atoms with Crippen molar-refractivity contribution >= 4 is 17.3 Å². The van der Waals surface area contributed by atoms with Crippen LogP contribution in [0.25, 0.3) is 22.6 Å². The molecule has 10 nitrogen and oxygen atoms in total. The van der Waals surface area contributed by atoms with Gasteiger partial charge in [0.2, 0.25) is 5.88 Å². The summed E-state index contributed by atoms with van der Waals surface area (Å²) in [5, 5.41) is 2.87. The van der Waals surface area contributed by atoms with E-state index in [2.05, 4.69) is 25.3 Å². The highest BCUT2D eigenvalue weighted by molar-refractivity contribution is 5.81. The number of rotatable bonds is 5. The van der Waals surface area contributed by atoms with Crippen LogP contribution in [0.2, 0.25) is 0 Å². The van der Waals surface area contributed by atoms with Crippen LogP contribution in [0, 0.1) is 6.92 Å². The van der Waals surface area contributed by atoms with Crippen LogP contribution in [0.5, 0.6) is 5.88 Å². The smallest absolute Gasteiger partial charge is 0.407 e. The van der Waals surface area contributed by atoms with Gasteiger partial charge in [-0.25, -0.2) is 24.7 Å². The van der Waals surface area contributed by atoms with Crippen LogP contribution < -0.4 is 10.1 Å². The molecule has 10 heteroatoms. The van der Waals surface area contributed by atoms with Gasteiger partial charge in [0.05, 0.1) is 5.56 Å². The van der Waals surface area contributed by atoms with Crippen LogP contribution in [0.4, 0.5) is 4.79 Å². The summed E-state index contributed by atoms with van der Waals surface area (Å²) in [4.78, 5) is 33.9. The lowest BCUT2D eigenvalue weighted by Crippen LogP contribution is -2.50. The van der Waals surface area contributed by atoms with E-state index in [0.717, 1.165) is 11.4 Å². The van der Waals surface area contributed by atoms with Crippen molar-refractivity contribution in [3.05, 3.63) is 24.5 Å². The van der Waals surface area contributed by atoms with Crippen LogP contribution in [-0.2, 0) is 11.3 Å². The van der Waals surface area contributed by atoms with Gasteiger partial charge in [0, 0.05) is 37.8 Å². The summed E-state index contributed by atoms with van der Waals surface area (Å²) in [6.07, 6.45) is 5.87. The number of imidazole rings is 1. The number of alkyl carbamates (subject to hydrolysis) is 1. The van der Waals surface area contributed by atoms with Crippen molar-refractivity contribution in [1.29, 1.82) is 0 Å². The summed E-state index contributed by atoms with van der Waals surface area (Å²) in [5.41, 5.74) is 1.59. The van der Waals surface area contributed by atoms with Crippen molar-refractivity contribution < 1.29 is 14.3 Å². The Morgan fingerprint density at radius 3 is 2.55 bits per heavy atom. The molecule has 3 aromatic heterocycles. The first-order valence-electron chi connectivity index (χ1n) is 10.4. The van der Waals surface area contributed by atoms with E-state index in [1.165, 1.54) is 6.33 Å². The van der Waals surface area contributed by atoms with Crippen LogP contribution >= 0.6 is 0 Å². The zero-order chi connectivity index (χ0) is 22.2. The highest BCUT2D eigenvalue weighted by Gasteiger charge is 2.34. The van der Waals surface area contributed by atoms with Gasteiger partial charge in [-0.05, 0) is 34.6 Å². The largest absolute Gasteiger partial charge is 0.473 e. The second-order valence-electron chi connectivity index (χ2n) is 8.60. The normalized spacial score (nSPS) is 18.5. The molecule has 0 unspecified atom stereocenters. The van der Waals surface area contributed by atoms with Gasteiger partial charge in [-0.3, -0.25) is 0 Å². The van der Waals surface area contributed by atoms with E-state index in [4.69, 9.17) is 14.5 Å². The second kappa shape index (κ2) is 8.09. The first-order valence-corrected chi connectivity index (χ1v) is 10.4. The predicted molar refractivity (Wildman–Crippen MR) is 114 cm³/mol. The molecule has 4 rings (SSSR count). The molecule has 0 atom stereocenters. The van der Waals surface area contributed by atoms with Crippen LogP contribution in [0.15, 0.2) is 18.7 Å². The summed E-state index contributed by atoms with van der Waals surface area (Å²) in [6.45, 7) is 10.1. The Bertz CT molecular complexity index is 1080. The van der Waals surface area contributed by atoms with Gasteiger partial charge in [-0.2, -0.15) is 4.98 Å². The van der Waals surface area contributed by atoms with Crippen molar-refractivity contribution in [2.24, 2.45) is 0 Å². The zero-order valence-electron chi connectivity index (χ0n) is 18.4. The third-order valence-electron chi connectivity index (χ3n) is 4.95. The number of nitrogens with zero attached hydrogens (tertiary/aromatic N) is 6. The Labute approximate surface area is 180 Å². The molecule has 1 aliphatic carbocycles. The maximum Gasteiger partial charge on any atom is 0.407 e. The van der Waals surface area contributed by atoms with Crippen molar-refractivity contribution in [2.45, 2.75) is 71.8 Å². The summed E-state index contributed by atoms with van der Waals surface area (Å²) in [5.74, 6) is 1.86. The van der Waals surface area contributed by atoms with Gasteiger partial charge in [-0.1, -0.05) is 0 Å². The van der Waals surface area contributed by atoms with Gasteiger partial charge < -0.3 is 19.4 Å². The number of hydrogen-bond acceptors (Lipinski definition) is 8. The third kappa shape index (κ3) is 4.57. The van der Waals surface area contributed by atoms with Crippen molar-refractivity contribution in [1.82, 2.24) is 34.8 Å². The number of ether oxygens (including phenoxy) is 2. The van der Waals surface area contributed by atoms with E-state index in [0.29, 0.717) is 42.3 Å². The van der Waals surface area contributed by atoms with Crippen LogP contribution in [0.3, 0.4) is 0 Å². The molecular formula is C21H27N7O3. The number of fused-ring (bicyclic) bond motifs is 1. The summed E-state index contributed by atoms with van der Waals surface area (Å²) >= 11 is 0. The molecule has 0 saturated heterocycles.